The number of carboxylic acid groups (broad SMARTS) is 2. The van der Waals surface area contributed by atoms with Crippen molar-refractivity contribution >= 4 is 22.8 Å². The van der Waals surface area contributed by atoms with Crippen molar-refractivity contribution < 1.29 is 29.3 Å². The first kappa shape index (κ1) is 13.6. The number of hydrogen-bond donors (Lipinski definition) is 2. The van der Waals surface area contributed by atoms with Crippen LogP contribution in [-0.2, 0) is 0 Å². The van der Waals surface area contributed by atoms with Crippen LogP contribution in [-0.4, -0.2) is 41.4 Å². The molecule has 1 aromatic heterocycles. The molecular weight excluding hydrogens is 266 g/mol. The van der Waals surface area contributed by atoms with Crippen LogP contribution in [0.25, 0.3) is 10.9 Å². The van der Waals surface area contributed by atoms with Crippen molar-refractivity contribution in [2.24, 2.45) is 0 Å². The summed E-state index contributed by atoms with van der Waals surface area (Å²) in [5.41, 5.74) is -0.796. The largest absolute Gasteiger partial charge is 0.496 e. The van der Waals surface area contributed by atoms with E-state index in [4.69, 9.17) is 14.6 Å². The average molecular weight is 277 g/mol. The SMILES string of the molecule is COc1cccc2nc(C(=O)O)c(C(=O)O)c(OC)c12. The lowest BCUT2D eigenvalue weighted by atomic mass is 10.1. The molecule has 1 heterocycles. The minimum Gasteiger partial charge on any atom is -0.496 e. The van der Waals surface area contributed by atoms with E-state index >= 15 is 0 Å². The molecule has 20 heavy (non-hydrogen) atoms. The molecule has 0 bridgehead atoms. The number of pyridine rings is 1. The molecule has 0 aliphatic heterocycles. The normalized spacial score (nSPS) is 10.3. The fraction of sp³-hybridized carbons (Fsp3) is 0.154. The van der Waals surface area contributed by atoms with Crippen molar-refractivity contribution in [3.05, 3.63) is 29.5 Å². The van der Waals surface area contributed by atoms with Crippen LogP contribution in [0.4, 0.5) is 0 Å². The molecule has 2 aromatic rings. The molecule has 104 valence electrons. The summed E-state index contributed by atoms with van der Waals surface area (Å²) in [4.78, 5) is 26.4. The van der Waals surface area contributed by atoms with E-state index in [1.54, 1.807) is 18.2 Å². The van der Waals surface area contributed by atoms with E-state index in [1.807, 2.05) is 0 Å². The molecule has 0 atom stereocenters. The van der Waals surface area contributed by atoms with Gasteiger partial charge in [-0.2, -0.15) is 0 Å². The summed E-state index contributed by atoms with van der Waals surface area (Å²) in [6.07, 6.45) is 0. The fourth-order valence-electron chi connectivity index (χ4n) is 1.98. The Bertz CT molecular complexity index is 710. The molecule has 0 saturated heterocycles. The predicted molar refractivity (Wildman–Crippen MR) is 68.8 cm³/mol. The van der Waals surface area contributed by atoms with Gasteiger partial charge in [0.25, 0.3) is 0 Å². The number of aromatic carboxylic acids is 2. The summed E-state index contributed by atoms with van der Waals surface area (Å²) in [5.74, 6) is -2.60. The molecule has 2 rings (SSSR count). The van der Waals surface area contributed by atoms with Crippen LogP contribution in [0.15, 0.2) is 18.2 Å². The van der Waals surface area contributed by atoms with Crippen molar-refractivity contribution in [3.8, 4) is 11.5 Å². The molecule has 0 aliphatic carbocycles. The van der Waals surface area contributed by atoms with Crippen molar-refractivity contribution in [2.75, 3.05) is 14.2 Å². The first-order chi connectivity index (χ1) is 9.51. The Labute approximate surface area is 113 Å². The molecular formula is C13H11NO6. The number of hydrogen-bond acceptors (Lipinski definition) is 5. The van der Waals surface area contributed by atoms with Gasteiger partial charge in [0.1, 0.15) is 17.1 Å². The van der Waals surface area contributed by atoms with E-state index in [9.17, 15) is 14.7 Å². The standard InChI is InChI=1S/C13H11NO6/c1-19-7-5-3-4-6-8(7)11(20-2)9(12(15)16)10(14-6)13(17)18/h3-5H,1-2H3,(H,15,16)(H,17,18). The highest BCUT2D eigenvalue weighted by atomic mass is 16.5. The number of carbonyl (C=O) groups is 2. The minimum absolute atomic E-state index is 0.0858. The summed E-state index contributed by atoms with van der Waals surface area (Å²) in [6, 6.07) is 4.79. The summed E-state index contributed by atoms with van der Waals surface area (Å²) < 4.78 is 10.2. The number of rotatable bonds is 4. The second-order valence-electron chi connectivity index (χ2n) is 3.83. The highest BCUT2D eigenvalue weighted by Crippen LogP contribution is 2.37. The number of carboxylic acids is 2. The molecule has 1 aromatic carbocycles. The van der Waals surface area contributed by atoms with E-state index in [-0.39, 0.29) is 11.3 Å². The Balaban J connectivity index is 3.02. The maximum Gasteiger partial charge on any atom is 0.355 e. The minimum atomic E-state index is -1.44. The van der Waals surface area contributed by atoms with Gasteiger partial charge in [-0.15, -0.1) is 0 Å². The molecule has 0 unspecified atom stereocenters. The Hall–Kier alpha value is -2.83. The van der Waals surface area contributed by atoms with Gasteiger partial charge in [-0.05, 0) is 12.1 Å². The number of ether oxygens (including phenoxy) is 2. The Morgan fingerprint density at radius 3 is 2.30 bits per heavy atom. The van der Waals surface area contributed by atoms with Crippen LogP contribution in [0, 0.1) is 0 Å². The third-order valence-electron chi connectivity index (χ3n) is 2.77. The molecule has 0 spiro atoms. The number of fused-ring (bicyclic) bond motifs is 1. The van der Waals surface area contributed by atoms with Crippen LogP contribution < -0.4 is 9.47 Å². The van der Waals surface area contributed by atoms with E-state index in [0.29, 0.717) is 11.1 Å². The van der Waals surface area contributed by atoms with Gasteiger partial charge in [0.05, 0.1) is 25.1 Å². The van der Waals surface area contributed by atoms with Gasteiger partial charge in [0.2, 0.25) is 0 Å². The van der Waals surface area contributed by atoms with Crippen molar-refractivity contribution in [1.82, 2.24) is 4.98 Å². The average Bonchev–Trinajstić information content (AvgIpc) is 2.43. The quantitative estimate of drug-likeness (QED) is 0.875. The third kappa shape index (κ3) is 1.99. The van der Waals surface area contributed by atoms with Crippen LogP contribution in [0.1, 0.15) is 20.8 Å². The molecule has 0 aliphatic rings. The van der Waals surface area contributed by atoms with Gasteiger partial charge >= 0.3 is 11.9 Å². The van der Waals surface area contributed by atoms with Gasteiger partial charge < -0.3 is 19.7 Å². The molecule has 2 N–H and O–H groups in total. The summed E-state index contributed by atoms with van der Waals surface area (Å²) >= 11 is 0. The second-order valence-corrected chi connectivity index (χ2v) is 3.83. The topological polar surface area (TPSA) is 106 Å². The van der Waals surface area contributed by atoms with E-state index in [1.165, 1.54) is 14.2 Å². The van der Waals surface area contributed by atoms with Crippen molar-refractivity contribution in [3.63, 3.8) is 0 Å². The number of nitrogens with zero attached hydrogens (tertiary/aromatic N) is 1. The highest BCUT2D eigenvalue weighted by Gasteiger charge is 2.27. The van der Waals surface area contributed by atoms with Gasteiger partial charge in [0.15, 0.2) is 5.69 Å². The zero-order valence-corrected chi connectivity index (χ0v) is 10.7. The summed E-state index contributed by atoms with van der Waals surface area (Å²) in [5, 5.41) is 18.7. The maximum atomic E-state index is 11.3. The molecule has 0 fully saturated rings. The first-order valence-electron chi connectivity index (χ1n) is 5.52. The van der Waals surface area contributed by atoms with Crippen LogP contribution >= 0.6 is 0 Å². The highest BCUT2D eigenvalue weighted by molar-refractivity contribution is 6.08. The molecule has 7 nitrogen and oxygen atoms in total. The lowest BCUT2D eigenvalue weighted by Crippen LogP contribution is -2.13. The van der Waals surface area contributed by atoms with Crippen molar-refractivity contribution in [1.29, 1.82) is 0 Å². The molecule has 0 amide bonds. The van der Waals surface area contributed by atoms with Gasteiger partial charge in [0, 0.05) is 0 Å². The lowest BCUT2D eigenvalue weighted by molar-refractivity contribution is 0.0644. The summed E-state index contributed by atoms with van der Waals surface area (Å²) in [6.45, 7) is 0. The Morgan fingerprint density at radius 1 is 1.10 bits per heavy atom. The van der Waals surface area contributed by atoms with Crippen molar-refractivity contribution in [2.45, 2.75) is 0 Å². The Morgan fingerprint density at radius 2 is 1.80 bits per heavy atom. The lowest BCUT2D eigenvalue weighted by Gasteiger charge is -2.13. The van der Waals surface area contributed by atoms with Gasteiger partial charge in [-0.25, -0.2) is 14.6 Å². The monoisotopic (exact) mass is 277 g/mol. The molecule has 7 heteroatoms. The third-order valence-corrected chi connectivity index (χ3v) is 2.77. The van der Waals surface area contributed by atoms with E-state index < -0.39 is 23.2 Å². The Kier molecular flexibility index (Phi) is 3.43. The van der Waals surface area contributed by atoms with Gasteiger partial charge in [-0.1, -0.05) is 6.07 Å². The van der Waals surface area contributed by atoms with Gasteiger partial charge in [-0.3, -0.25) is 0 Å². The van der Waals surface area contributed by atoms with Crippen LogP contribution in [0.3, 0.4) is 0 Å². The fourth-order valence-corrected chi connectivity index (χ4v) is 1.98. The maximum absolute atomic E-state index is 11.3. The van der Waals surface area contributed by atoms with Crippen LogP contribution in [0.5, 0.6) is 11.5 Å². The smallest absolute Gasteiger partial charge is 0.355 e. The van der Waals surface area contributed by atoms with E-state index in [2.05, 4.69) is 4.98 Å². The zero-order chi connectivity index (χ0) is 14.9. The van der Waals surface area contributed by atoms with E-state index in [0.717, 1.165) is 0 Å². The molecule has 0 radical (unpaired) electrons. The number of methoxy groups -OCH3 is 2. The first-order valence-corrected chi connectivity index (χ1v) is 5.52. The van der Waals surface area contributed by atoms with Crippen LogP contribution in [0.2, 0.25) is 0 Å². The second kappa shape index (κ2) is 5.04. The number of aromatic nitrogens is 1. The zero-order valence-electron chi connectivity index (χ0n) is 10.7. The molecule has 0 saturated carbocycles. The summed E-state index contributed by atoms with van der Waals surface area (Å²) in [7, 11) is 2.68. The predicted octanol–water partition coefficient (Wildman–Crippen LogP) is 1.65. The number of benzene rings is 1.